The summed E-state index contributed by atoms with van der Waals surface area (Å²) in [5.74, 6) is 1.70. The number of aryl methyl sites for hydroxylation is 2. The molecule has 0 bridgehead atoms. The molecule has 1 aliphatic rings. The van der Waals surface area contributed by atoms with E-state index in [1.807, 2.05) is 66.2 Å². The monoisotopic (exact) mass is 470 g/mol. The van der Waals surface area contributed by atoms with Crippen molar-refractivity contribution < 1.29 is 4.74 Å². The van der Waals surface area contributed by atoms with Crippen LogP contribution in [0.3, 0.4) is 0 Å². The third-order valence-corrected chi connectivity index (χ3v) is 6.74. The molecule has 174 valence electrons. The third kappa shape index (κ3) is 3.06. The zero-order valence-corrected chi connectivity index (χ0v) is 19.8. The summed E-state index contributed by atoms with van der Waals surface area (Å²) in [6, 6.07) is 28.5. The fraction of sp³-hybridized carbons (Fsp3) is 0.103. The molecule has 3 aromatic heterocycles. The number of hydrogen-bond acceptors (Lipinski definition) is 5. The van der Waals surface area contributed by atoms with Crippen molar-refractivity contribution in [1.82, 2.24) is 29.4 Å². The summed E-state index contributed by atoms with van der Waals surface area (Å²) >= 11 is 0. The van der Waals surface area contributed by atoms with Crippen molar-refractivity contribution in [3.63, 3.8) is 0 Å². The van der Waals surface area contributed by atoms with Crippen LogP contribution in [0.4, 0.5) is 0 Å². The van der Waals surface area contributed by atoms with Gasteiger partial charge in [-0.1, -0.05) is 72.8 Å². The number of aromatic nitrogens is 6. The van der Waals surface area contributed by atoms with Crippen LogP contribution in [0.5, 0.6) is 11.8 Å². The number of nitrogens with zero attached hydrogens (tertiary/aromatic N) is 6. The summed E-state index contributed by atoms with van der Waals surface area (Å²) in [5.41, 5.74) is 7.69. The molecule has 7 rings (SSSR count). The molecule has 7 heteroatoms. The van der Waals surface area contributed by atoms with E-state index in [1.54, 1.807) is 10.8 Å². The molecule has 0 fully saturated rings. The number of hydrogen-bond donors (Lipinski definition) is 0. The van der Waals surface area contributed by atoms with Crippen molar-refractivity contribution in [2.24, 2.45) is 0 Å². The molecular weight excluding hydrogens is 448 g/mol. The van der Waals surface area contributed by atoms with Gasteiger partial charge in [0, 0.05) is 5.56 Å². The van der Waals surface area contributed by atoms with E-state index in [0.717, 1.165) is 44.8 Å². The van der Waals surface area contributed by atoms with Gasteiger partial charge < -0.3 is 4.74 Å². The number of para-hydroxylation sites is 1. The minimum Gasteiger partial charge on any atom is -0.420 e. The Morgan fingerprint density at radius 2 is 1.50 bits per heavy atom. The molecule has 0 saturated heterocycles. The van der Waals surface area contributed by atoms with Gasteiger partial charge in [-0.05, 0) is 37.1 Å². The summed E-state index contributed by atoms with van der Waals surface area (Å²) in [5, 5.41) is 9.66. The van der Waals surface area contributed by atoms with E-state index in [9.17, 15) is 0 Å². The van der Waals surface area contributed by atoms with Gasteiger partial charge in [0.05, 0.1) is 28.4 Å². The maximum absolute atomic E-state index is 6.49. The number of ether oxygens (including phenoxy) is 1. The molecule has 0 amide bonds. The molecule has 7 nitrogen and oxygen atoms in total. The lowest BCUT2D eigenvalue weighted by molar-refractivity contribution is 0.402. The van der Waals surface area contributed by atoms with Crippen LogP contribution in [-0.4, -0.2) is 29.4 Å². The molecule has 6 aromatic rings. The van der Waals surface area contributed by atoms with Gasteiger partial charge in [-0.15, -0.1) is 5.10 Å². The van der Waals surface area contributed by atoms with E-state index in [-0.39, 0.29) is 5.92 Å². The van der Waals surface area contributed by atoms with Crippen LogP contribution in [0, 0.1) is 13.8 Å². The van der Waals surface area contributed by atoms with Crippen LogP contribution in [0.15, 0.2) is 91.3 Å². The standard InChI is InChI=1S/C29H22N6O/c1-18-11-9-10-16-22(18)26-31-27-25-24(20-12-5-3-6-13-20)23-19(2)32-35(21-14-7-4-8-15-21)29(23)36-28(25)30-17-34(27)33-26/h3-17,24H,1-2H3. The Balaban J connectivity index is 1.50. The second-order valence-electron chi connectivity index (χ2n) is 8.98. The second-order valence-corrected chi connectivity index (χ2v) is 8.98. The minimum atomic E-state index is -0.160. The Labute approximate surface area is 207 Å². The van der Waals surface area contributed by atoms with E-state index >= 15 is 0 Å². The highest BCUT2D eigenvalue weighted by atomic mass is 16.5. The third-order valence-electron chi connectivity index (χ3n) is 6.74. The normalized spacial score (nSPS) is 14.3. The van der Waals surface area contributed by atoms with Gasteiger partial charge >= 0.3 is 0 Å². The zero-order valence-electron chi connectivity index (χ0n) is 19.8. The summed E-state index contributed by atoms with van der Waals surface area (Å²) in [7, 11) is 0. The molecule has 3 aromatic carbocycles. The van der Waals surface area contributed by atoms with E-state index in [2.05, 4.69) is 37.3 Å². The van der Waals surface area contributed by atoms with Crippen LogP contribution in [0.1, 0.15) is 33.9 Å². The minimum absolute atomic E-state index is 0.160. The largest absolute Gasteiger partial charge is 0.420 e. The molecule has 1 aliphatic heterocycles. The molecule has 0 N–H and O–H groups in total. The van der Waals surface area contributed by atoms with Gasteiger partial charge in [-0.25, -0.2) is 19.2 Å². The van der Waals surface area contributed by atoms with Gasteiger partial charge in [0.25, 0.3) is 0 Å². The van der Waals surface area contributed by atoms with Crippen molar-refractivity contribution in [3.8, 4) is 28.8 Å². The van der Waals surface area contributed by atoms with Gasteiger partial charge in [0.15, 0.2) is 11.5 Å². The Morgan fingerprint density at radius 3 is 2.28 bits per heavy atom. The SMILES string of the molecule is Cc1ccccc1-c1nc2c3c(ncn2n1)Oc1c(c(C)nn1-c1ccccc1)C3c1ccccc1. The first kappa shape index (κ1) is 20.6. The molecule has 1 atom stereocenters. The summed E-state index contributed by atoms with van der Waals surface area (Å²) in [4.78, 5) is 9.70. The Hall–Kier alpha value is -4.78. The molecule has 1 unspecified atom stereocenters. The maximum atomic E-state index is 6.49. The first-order valence-corrected chi connectivity index (χ1v) is 11.9. The van der Waals surface area contributed by atoms with E-state index in [1.165, 1.54) is 0 Å². The fourth-order valence-electron chi connectivity index (χ4n) is 5.04. The molecular formula is C29H22N6O. The number of rotatable bonds is 3. The lowest BCUT2D eigenvalue weighted by Gasteiger charge is -2.26. The average Bonchev–Trinajstić information content (AvgIpc) is 3.50. The summed E-state index contributed by atoms with van der Waals surface area (Å²) in [6.07, 6.45) is 1.67. The molecule has 0 aliphatic carbocycles. The van der Waals surface area contributed by atoms with Gasteiger partial charge in [-0.2, -0.15) is 5.10 Å². The summed E-state index contributed by atoms with van der Waals surface area (Å²) in [6.45, 7) is 4.09. The van der Waals surface area contributed by atoms with Crippen LogP contribution >= 0.6 is 0 Å². The predicted molar refractivity (Wildman–Crippen MR) is 137 cm³/mol. The van der Waals surface area contributed by atoms with E-state index in [4.69, 9.17) is 24.9 Å². The summed E-state index contributed by atoms with van der Waals surface area (Å²) < 4.78 is 10.1. The Kier molecular flexibility index (Phi) is 4.51. The molecule has 0 radical (unpaired) electrons. The van der Waals surface area contributed by atoms with E-state index < -0.39 is 0 Å². The Bertz CT molecular complexity index is 1740. The lowest BCUT2D eigenvalue weighted by atomic mass is 9.84. The quantitative estimate of drug-likeness (QED) is 0.323. The molecule has 4 heterocycles. The molecule has 0 saturated carbocycles. The Morgan fingerprint density at radius 1 is 0.778 bits per heavy atom. The average molecular weight is 471 g/mol. The number of fused-ring (bicyclic) bond motifs is 4. The fourth-order valence-corrected chi connectivity index (χ4v) is 5.04. The van der Waals surface area contributed by atoms with Gasteiger partial charge in [0.2, 0.25) is 11.8 Å². The van der Waals surface area contributed by atoms with Crippen LogP contribution in [0.2, 0.25) is 0 Å². The smallest absolute Gasteiger partial charge is 0.230 e. The molecule has 36 heavy (non-hydrogen) atoms. The highest BCUT2D eigenvalue weighted by Gasteiger charge is 2.38. The lowest BCUT2D eigenvalue weighted by Crippen LogP contribution is -2.16. The van der Waals surface area contributed by atoms with Crippen molar-refractivity contribution in [2.75, 3.05) is 0 Å². The maximum Gasteiger partial charge on any atom is 0.230 e. The van der Waals surface area contributed by atoms with Crippen molar-refractivity contribution >= 4 is 5.65 Å². The predicted octanol–water partition coefficient (Wildman–Crippen LogP) is 5.88. The number of benzene rings is 3. The van der Waals surface area contributed by atoms with Crippen LogP contribution in [0.25, 0.3) is 22.7 Å². The van der Waals surface area contributed by atoms with Gasteiger partial charge in [-0.3, -0.25) is 0 Å². The highest BCUT2D eigenvalue weighted by molar-refractivity contribution is 5.69. The zero-order chi connectivity index (χ0) is 24.2. The van der Waals surface area contributed by atoms with Gasteiger partial charge in [0.1, 0.15) is 6.33 Å². The molecule has 0 spiro atoms. The van der Waals surface area contributed by atoms with Crippen molar-refractivity contribution in [2.45, 2.75) is 19.8 Å². The van der Waals surface area contributed by atoms with Crippen molar-refractivity contribution in [3.05, 3.63) is 119 Å². The van der Waals surface area contributed by atoms with E-state index in [0.29, 0.717) is 17.6 Å². The second kappa shape index (κ2) is 7.88. The topological polar surface area (TPSA) is 70.1 Å². The highest BCUT2D eigenvalue weighted by Crippen LogP contribution is 2.49. The first-order valence-electron chi connectivity index (χ1n) is 11.9. The van der Waals surface area contributed by atoms with Crippen LogP contribution in [-0.2, 0) is 0 Å². The van der Waals surface area contributed by atoms with Crippen LogP contribution < -0.4 is 4.74 Å². The first-order chi connectivity index (χ1) is 17.7. The van der Waals surface area contributed by atoms with Crippen molar-refractivity contribution in [1.29, 1.82) is 0 Å².